The summed E-state index contributed by atoms with van der Waals surface area (Å²) in [5, 5.41) is 3.11. The standard InChI is InChI=1S/C12H11BrN2O3/c1-7-5-16-12(15-7)14-4-8-2-10-11(3-9(8)13)18-6-17-10/h2-3,5H,4,6H2,1H3,(H,14,15). The third kappa shape index (κ3) is 2.15. The highest BCUT2D eigenvalue weighted by atomic mass is 79.9. The van der Waals surface area contributed by atoms with Gasteiger partial charge in [0.05, 0.1) is 5.69 Å². The molecule has 0 atom stereocenters. The molecule has 1 N–H and O–H groups in total. The van der Waals surface area contributed by atoms with Crippen molar-refractivity contribution >= 4 is 21.9 Å². The van der Waals surface area contributed by atoms with Crippen molar-refractivity contribution in [3.8, 4) is 11.5 Å². The van der Waals surface area contributed by atoms with Crippen LogP contribution in [0.4, 0.5) is 6.01 Å². The van der Waals surface area contributed by atoms with Crippen LogP contribution in [0.1, 0.15) is 11.3 Å². The number of nitrogens with zero attached hydrogens (tertiary/aromatic N) is 1. The molecule has 2 heterocycles. The molecule has 18 heavy (non-hydrogen) atoms. The Labute approximate surface area is 112 Å². The number of oxazole rings is 1. The predicted molar refractivity (Wildman–Crippen MR) is 68.8 cm³/mol. The number of fused-ring (bicyclic) bond motifs is 1. The van der Waals surface area contributed by atoms with Crippen LogP contribution in [-0.2, 0) is 6.54 Å². The van der Waals surface area contributed by atoms with Crippen LogP contribution in [-0.4, -0.2) is 11.8 Å². The molecule has 0 saturated carbocycles. The highest BCUT2D eigenvalue weighted by molar-refractivity contribution is 9.10. The van der Waals surface area contributed by atoms with Crippen LogP contribution < -0.4 is 14.8 Å². The third-order valence-corrected chi connectivity index (χ3v) is 3.33. The fourth-order valence-corrected chi connectivity index (χ4v) is 2.16. The van der Waals surface area contributed by atoms with E-state index < -0.39 is 0 Å². The van der Waals surface area contributed by atoms with Gasteiger partial charge >= 0.3 is 0 Å². The molecule has 0 saturated heterocycles. The second kappa shape index (κ2) is 4.53. The van der Waals surface area contributed by atoms with Crippen molar-refractivity contribution < 1.29 is 13.9 Å². The fraction of sp³-hybridized carbons (Fsp3) is 0.250. The first-order chi connectivity index (χ1) is 8.72. The SMILES string of the molecule is Cc1coc(NCc2cc3c(cc2Br)OCO3)n1. The maximum atomic E-state index is 5.34. The monoisotopic (exact) mass is 310 g/mol. The molecule has 1 aromatic heterocycles. The lowest BCUT2D eigenvalue weighted by molar-refractivity contribution is 0.174. The molecule has 94 valence electrons. The number of aromatic nitrogens is 1. The summed E-state index contributed by atoms with van der Waals surface area (Å²) < 4.78 is 16.8. The number of rotatable bonds is 3. The van der Waals surface area contributed by atoms with E-state index in [0.717, 1.165) is 27.2 Å². The molecule has 0 fully saturated rings. The first-order valence-electron chi connectivity index (χ1n) is 5.46. The van der Waals surface area contributed by atoms with E-state index in [1.807, 2.05) is 19.1 Å². The largest absolute Gasteiger partial charge is 0.454 e. The number of nitrogens with one attached hydrogen (secondary N) is 1. The number of hydrogen-bond acceptors (Lipinski definition) is 5. The van der Waals surface area contributed by atoms with E-state index in [0.29, 0.717) is 12.6 Å². The molecule has 0 radical (unpaired) electrons. The number of hydrogen-bond donors (Lipinski definition) is 1. The quantitative estimate of drug-likeness (QED) is 0.944. The van der Waals surface area contributed by atoms with Gasteiger partial charge in [-0.25, -0.2) is 0 Å². The molecule has 1 aromatic carbocycles. The molecular formula is C12H11BrN2O3. The summed E-state index contributed by atoms with van der Waals surface area (Å²) in [6.45, 7) is 2.75. The summed E-state index contributed by atoms with van der Waals surface area (Å²) in [6, 6.07) is 4.35. The first kappa shape index (κ1) is 11.4. The van der Waals surface area contributed by atoms with Crippen LogP contribution >= 0.6 is 15.9 Å². The van der Waals surface area contributed by atoms with Crippen LogP contribution in [0.15, 0.2) is 27.3 Å². The zero-order chi connectivity index (χ0) is 12.5. The van der Waals surface area contributed by atoms with Gasteiger partial charge in [0.25, 0.3) is 6.01 Å². The van der Waals surface area contributed by atoms with Crippen molar-refractivity contribution in [1.29, 1.82) is 0 Å². The molecule has 2 aromatic rings. The van der Waals surface area contributed by atoms with Crippen molar-refractivity contribution in [2.45, 2.75) is 13.5 Å². The van der Waals surface area contributed by atoms with Gasteiger partial charge in [-0.2, -0.15) is 4.98 Å². The number of halogens is 1. The minimum absolute atomic E-state index is 0.275. The van der Waals surface area contributed by atoms with E-state index in [4.69, 9.17) is 13.9 Å². The Hall–Kier alpha value is -1.69. The summed E-state index contributed by atoms with van der Waals surface area (Å²) in [6.07, 6.45) is 1.61. The zero-order valence-corrected chi connectivity index (χ0v) is 11.3. The maximum Gasteiger partial charge on any atom is 0.294 e. The second-order valence-corrected chi connectivity index (χ2v) is 4.80. The van der Waals surface area contributed by atoms with E-state index in [2.05, 4.69) is 26.2 Å². The molecule has 0 bridgehead atoms. The van der Waals surface area contributed by atoms with Crippen LogP contribution in [0.25, 0.3) is 0 Å². The predicted octanol–water partition coefficient (Wildman–Crippen LogP) is 3.09. The summed E-state index contributed by atoms with van der Waals surface area (Å²) in [4.78, 5) is 4.18. The molecule has 5 nitrogen and oxygen atoms in total. The Kier molecular flexibility index (Phi) is 2.87. The van der Waals surface area contributed by atoms with E-state index in [1.54, 1.807) is 6.26 Å². The summed E-state index contributed by atoms with van der Waals surface area (Å²) in [7, 11) is 0. The number of anilines is 1. The van der Waals surface area contributed by atoms with Gasteiger partial charge in [0.2, 0.25) is 6.79 Å². The minimum atomic E-state index is 0.275. The normalized spacial score (nSPS) is 12.8. The van der Waals surface area contributed by atoms with Gasteiger partial charge in [-0.3, -0.25) is 0 Å². The highest BCUT2D eigenvalue weighted by Crippen LogP contribution is 2.37. The average Bonchev–Trinajstić information content (AvgIpc) is 2.94. The van der Waals surface area contributed by atoms with Crippen molar-refractivity contribution in [3.05, 3.63) is 34.1 Å². The Balaban J connectivity index is 1.76. The lowest BCUT2D eigenvalue weighted by Gasteiger charge is -2.06. The van der Waals surface area contributed by atoms with E-state index in [-0.39, 0.29) is 6.79 Å². The Bertz CT molecular complexity index is 583. The van der Waals surface area contributed by atoms with Crippen molar-refractivity contribution in [2.24, 2.45) is 0 Å². The van der Waals surface area contributed by atoms with Crippen molar-refractivity contribution in [2.75, 3.05) is 12.1 Å². The topological polar surface area (TPSA) is 56.5 Å². The zero-order valence-electron chi connectivity index (χ0n) is 9.70. The van der Waals surface area contributed by atoms with E-state index in [9.17, 15) is 0 Å². The van der Waals surface area contributed by atoms with Gasteiger partial charge < -0.3 is 19.2 Å². The molecule has 0 amide bonds. The number of ether oxygens (including phenoxy) is 2. The average molecular weight is 311 g/mol. The molecule has 1 aliphatic rings. The Morgan fingerprint density at radius 3 is 2.83 bits per heavy atom. The molecule has 6 heteroatoms. The molecular weight excluding hydrogens is 300 g/mol. The van der Waals surface area contributed by atoms with Crippen LogP contribution in [0.5, 0.6) is 11.5 Å². The molecule has 0 unspecified atom stereocenters. The van der Waals surface area contributed by atoms with E-state index >= 15 is 0 Å². The lowest BCUT2D eigenvalue weighted by Crippen LogP contribution is -2.00. The van der Waals surface area contributed by atoms with E-state index in [1.165, 1.54) is 0 Å². The first-order valence-corrected chi connectivity index (χ1v) is 6.26. The van der Waals surface area contributed by atoms with Gasteiger partial charge in [0, 0.05) is 11.0 Å². The van der Waals surface area contributed by atoms with Gasteiger partial charge in [-0.15, -0.1) is 0 Å². The second-order valence-electron chi connectivity index (χ2n) is 3.94. The summed E-state index contributed by atoms with van der Waals surface area (Å²) >= 11 is 3.50. The Morgan fingerprint density at radius 2 is 2.11 bits per heavy atom. The minimum Gasteiger partial charge on any atom is -0.454 e. The number of aryl methyl sites for hydroxylation is 1. The van der Waals surface area contributed by atoms with Gasteiger partial charge in [-0.1, -0.05) is 15.9 Å². The highest BCUT2D eigenvalue weighted by Gasteiger charge is 2.16. The summed E-state index contributed by atoms with van der Waals surface area (Å²) in [5.41, 5.74) is 1.90. The van der Waals surface area contributed by atoms with Crippen LogP contribution in [0, 0.1) is 6.92 Å². The Morgan fingerprint density at radius 1 is 1.33 bits per heavy atom. The third-order valence-electron chi connectivity index (χ3n) is 2.59. The van der Waals surface area contributed by atoms with Gasteiger partial charge in [0.15, 0.2) is 11.5 Å². The smallest absolute Gasteiger partial charge is 0.294 e. The van der Waals surface area contributed by atoms with Gasteiger partial charge in [-0.05, 0) is 24.6 Å². The van der Waals surface area contributed by atoms with Crippen LogP contribution in [0.3, 0.4) is 0 Å². The van der Waals surface area contributed by atoms with Crippen LogP contribution in [0.2, 0.25) is 0 Å². The van der Waals surface area contributed by atoms with Crippen molar-refractivity contribution in [3.63, 3.8) is 0 Å². The maximum absolute atomic E-state index is 5.34. The van der Waals surface area contributed by atoms with Crippen molar-refractivity contribution in [1.82, 2.24) is 4.98 Å². The summed E-state index contributed by atoms with van der Waals surface area (Å²) in [5.74, 6) is 1.52. The molecule has 1 aliphatic heterocycles. The fourth-order valence-electron chi connectivity index (χ4n) is 1.70. The van der Waals surface area contributed by atoms with Gasteiger partial charge in [0.1, 0.15) is 6.26 Å². The molecule has 3 rings (SSSR count). The lowest BCUT2D eigenvalue weighted by atomic mass is 10.2. The number of benzene rings is 1. The molecule has 0 spiro atoms. The molecule has 0 aliphatic carbocycles.